The molecule has 0 amide bonds. The van der Waals surface area contributed by atoms with Crippen LogP contribution in [0.15, 0.2) is 49.1 Å². The van der Waals surface area contributed by atoms with E-state index in [0.29, 0.717) is 5.92 Å². The van der Waals surface area contributed by atoms with Gasteiger partial charge in [0.05, 0.1) is 0 Å². The maximum absolute atomic E-state index is 3.94. The zero-order valence-electron chi connectivity index (χ0n) is 8.14. The molecule has 0 rings (SSSR count). The van der Waals surface area contributed by atoms with Gasteiger partial charge in [0.25, 0.3) is 0 Å². The van der Waals surface area contributed by atoms with E-state index in [2.05, 4.69) is 33.6 Å². The highest BCUT2D eigenvalue weighted by Crippen LogP contribution is 2.17. The number of allylic oxidation sites excluding steroid dienone is 5. The van der Waals surface area contributed by atoms with Crippen LogP contribution in [0.3, 0.4) is 0 Å². The van der Waals surface area contributed by atoms with Crippen LogP contribution in [0.2, 0.25) is 0 Å². The van der Waals surface area contributed by atoms with Crippen molar-refractivity contribution >= 4 is 0 Å². The van der Waals surface area contributed by atoms with Crippen molar-refractivity contribution in [2.75, 3.05) is 0 Å². The van der Waals surface area contributed by atoms with Crippen molar-refractivity contribution in [1.82, 2.24) is 0 Å². The second-order valence-corrected chi connectivity index (χ2v) is 3.20. The molecule has 0 N–H and O–H groups in total. The topological polar surface area (TPSA) is 0 Å². The SMILES string of the molecule is C=C/C=C\C(=C)C[C@@H](C)C(=C)C. The second-order valence-electron chi connectivity index (χ2n) is 3.20. The fourth-order valence-corrected chi connectivity index (χ4v) is 0.840. The fourth-order valence-electron chi connectivity index (χ4n) is 0.840. The molecule has 0 aliphatic carbocycles. The fraction of sp³-hybridized carbons (Fsp3) is 0.333. The minimum atomic E-state index is 0.520. The molecule has 0 heterocycles. The summed E-state index contributed by atoms with van der Waals surface area (Å²) in [4.78, 5) is 0. The molecule has 0 aromatic carbocycles. The molecule has 0 aliphatic heterocycles. The first-order valence-corrected chi connectivity index (χ1v) is 4.20. The third kappa shape index (κ3) is 4.73. The Bertz CT molecular complexity index is 206. The van der Waals surface area contributed by atoms with Gasteiger partial charge in [0.15, 0.2) is 0 Å². The largest absolute Gasteiger partial charge is 0.0999 e. The van der Waals surface area contributed by atoms with Gasteiger partial charge in [0, 0.05) is 0 Å². The lowest BCUT2D eigenvalue weighted by molar-refractivity contribution is 0.684. The van der Waals surface area contributed by atoms with E-state index >= 15 is 0 Å². The minimum absolute atomic E-state index is 0.520. The van der Waals surface area contributed by atoms with Crippen molar-refractivity contribution < 1.29 is 0 Å². The van der Waals surface area contributed by atoms with E-state index in [4.69, 9.17) is 0 Å². The molecule has 66 valence electrons. The van der Waals surface area contributed by atoms with Crippen LogP contribution in [0.5, 0.6) is 0 Å². The molecule has 0 unspecified atom stereocenters. The summed E-state index contributed by atoms with van der Waals surface area (Å²) in [6.45, 7) is 15.7. The molecular weight excluding hydrogens is 144 g/mol. The first-order valence-electron chi connectivity index (χ1n) is 4.20. The Hall–Kier alpha value is -1.04. The number of rotatable bonds is 5. The van der Waals surface area contributed by atoms with Gasteiger partial charge in [0.1, 0.15) is 0 Å². The molecule has 0 bridgehead atoms. The Kier molecular flexibility index (Phi) is 5.11. The van der Waals surface area contributed by atoms with Crippen LogP contribution >= 0.6 is 0 Å². The van der Waals surface area contributed by atoms with Crippen LogP contribution in [-0.4, -0.2) is 0 Å². The molecule has 0 aliphatic rings. The predicted molar refractivity (Wildman–Crippen MR) is 57.1 cm³/mol. The zero-order valence-corrected chi connectivity index (χ0v) is 8.14. The van der Waals surface area contributed by atoms with Crippen LogP contribution in [0.4, 0.5) is 0 Å². The first-order chi connectivity index (χ1) is 5.57. The van der Waals surface area contributed by atoms with Crippen LogP contribution in [0.25, 0.3) is 0 Å². The Morgan fingerprint density at radius 1 is 1.42 bits per heavy atom. The number of hydrogen-bond acceptors (Lipinski definition) is 0. The van der Waals surface area contributed by atoms with Gasteiger partial charge in [-0.05, 0) is 19.3 Å². The molecule has 1 atom stereocenters. The van der Waals surface area contributed by atoms with Gasteiger partial charge < -0.3 is 0 Å². The Balaban J connectivity index is 3.92. The normalized spacial score (nSPS) is 12.8. The summed E-state index contributed by atoms with van der Waals surface area (Å²) >= 11 is 0. The van der Waals surface area contributed by atoms with Gasteiger partial charge in [-0.1, -0.05) is 56.0 Å². The lowest BCUT2D eigenvalue weighted by Crippen LogP contribution is -1.95. The molecule has 0 saturated heterocycles. The van der Waals surface area contributed by atoms with E-state index in [1.165, 1.54) is 5.57 Å². The standard InChI is InChI=1S/C12H18/c1-6-7-8-11(4)9-12(5)10(2)3/h6-8,12H,1-2,4,9H2,3,5H3/b8-7-/t12-/m1/s1. The first kappa shape index (κ1) is 11.0. The monoisotopic (exact) mass is 162 g/mol. The molecule has 0 aromatic heterocycles. The predicted octanol–water partition coefficient (Wildman–Crippen LogP) is 3.89. The van der Waals surface area contributed by atoms with Crippen LogP contribution in [0, 0.1) is 5.92 Å². The second kappa shape index (κ2) is 5.59. The van der Waals surface area contributed by atoms with E-state index in [1.807, 2.05) is 12.2 Å². The Morgan fingerprint density at radius 3 is 2.42 bits per heavy atom. The highest BCUT2D eigenvalue weighted by molar-refractivity contribution is 5.19. The van der Waals surface area contributed by atoms with E-state index in [-0.39, 0.29) is 0 Å². The van der Waals surface area contributed by atoms with E-state index in [9.17, 15) is 0 Å². The third-order valence-electron chi connectivity index (χ3n) is 1.88. The highest BCUT2D eigenvalue weighted by atomic mass is 14.1. The lowest BCUT2D eigenvalue weighted by Gasteiger charge is -2.09. The molecule has 0 nitrogen and oxygen atoms in total. The van der Waals surface area contributed by atoms with Crippen molar-refractivity contribution in [3.63, 3.8) is 0 Å². The van der Waals surface area contributed by atoms with Gasteiger partial charge in [-0.15, -0.1) is 0 Å². The average Bonchev–Trinajstić information content (AvgIpc) is 2.00. The summed E-state index contributed by atoms with van der Waals surface area (Å²) in [7, 11) is 0. The van der Waals surface area contributed by atoms with E-state index in [0.717, 1.165) is 12.0 Å². The van der Waals surface area contributed by atoms with Gasteiger partial charge in [-0.25, -0.2) is 0 Å². The molecule has 0 spiro atoms. The smallest absolute Gasteiger partial charge is 0.0197 e. The van der Waals surface area contributed by atoms with Crippen molar-refractivity contribution in [3.8, 4) is 0 Å². The average molecular weight is 162 g/mol. The quantitative estimate of drug-likeness (QED) is 0.425. The van der Waals surface area contributed by atoms with Gasteiger partial charge in [-0.3, -0.25) is 0 Å². The Morgan fingerprint density at radius 2 is 2.00 bits per heavy atom. The maximum Gasteiger partial charge on any atom is -0.0197 e. The third-order valence-corrected chi connectivity index (χ3v) is 1.88. The highest BCUT2D eigenvalue weighted by Gasteiger charge is 2.01. The molecule has 0 heteroatoms. The summed E-state index contributed by atoms with van der Waals surface area (Å²) in [5.41, 5.74) is 2.34. The summed E-state index contributed by atoms with van der Waals surface area (Å²) in [5, 5.41) is 0. The van der Waals surface area contributed by atoms with Crippen LogP contribution < -0.4 is 0 Å². The summed E-state index contributed by atoms with van der Waals surface area (Å²) in [5.74, 6) is 0.520. The van der Waals surface area contributed by atoms with Gasteiger partial charge in [-0.2, -0.15) is 0 Å². The van der Waals surface area contributed by atoms with Crippen LogP contribution in [0.1, 0.15) is 20.3 Å². The van der Waals surface area contributed by atoms with Gasteiger partial charge >= 0.3 is 0 Å². The molecule has 0 saturated carbocycles. The van der Waals surface area contributed by atoms with Crippen molar-refractivity contribution in [1.29, 1.82) is 0 Å². The Labute approximate surface area is 76.0 Å². The molecule has 0 fully saturated rings. The summed E-state index contributed by atoms with van der Waals surface area (Å²) < 4.78 is 0. The van der Waals surface area contributed by atoms with Crippen LogP contribution in [-0.2, 0) is 0 Å². The van der Waals surface area contributed by atoms with E-state index < -0.39 is 0 Å². The molecular formula is C12H18. The van der Waals surface area contributed by atoms with Crippen molar-refractivity contribution in [2.24, 2.45) is 5.92 Å². The maximum atomic E-state index is 3.94. The van der Waals surface area contributed by atoms with E-state index in [1.54, 1.807) is 6.08 Å². The van der Waals surface area contributed by atoms with Crippen molar-refractivity contribution in [2.45, 2.75) is 20.3 Å². The zero-order chi connectivity index (χ0) is 9.56. The summed E-state index contributed by atoms with van der Waals surface area (Å²) in [6, 6.07) is 0. The lowest BCUT2D eigenvalue weighted by atomic mass is 9.96. The van der Waals surface area contributed by atoms with Crippen molar-refractivity contribution in [3.05, 3.63) is 49.1 Å². The molecule has 0 aromatic rings. The molecule has 12 heavy (non-hydrogen) atoms. The summed E-state index contributed by atoms with van der Waals surface area (Å²) in [6.07, 6.45) is 6.65. The van der Waals surface area contributed by atoms with Gasteiger partial charge in [0.2, 0.25) is 0 Å². The molecule has 0 radical (unpaired) electrons. The number of hydrogen-bond donors (Lipinski definition) is 0. The minimum Gasteiger partial charge on any atom is -0.0999 e.